The standard InChI is InChI=1S/C22H37N3/c1-22(15-11-6-4-2-3-5-7-12-16-22)23-25-19-17-24(18-20-25)21-13-9-8-10-14-21/h8-10,13-14,23H,2-7,11-12,15-20H2,1H3. The van der Waals surface area contributed by atoms with E-state index in [1.54, 1.807) is 0 Å². The van der Waals surface area contributed by atoms with E-state index in [0.717, 1.165) is 26.2 Å². The first-order valence-corrected chi connectivity index (χ1v) is 10.6. The van der Waals surface area contributed by atoms with Gasteiger partial charge in [0.25, 0.3) is 0 Å². The molecule has 1 N–H and O–H groups in total. The molecule has 1 aliphatic carbocycles. The van der Waals surface area contributed by atoms with Gasteiger partial charge in [0.2, 0.25) is 0 Å². The van der Waals surface area contributed by atoms with E-state index in [4.69, 9.17) is 0 Å². The van der Waals surface area contributed by atoms with E-state index in [9.17, 15) is 0 Å². The number of hydrogen-bond donors (Lipinski definition) is 1. The van der Waals surface area contributed by atoms with E-state index in [1.807, 2.05) is 0 Å². The molecule has 1 aliphatic heterocycles. The van der Waals surface area contributed by atoms with Gasteiger partial charge in [-0.2, -0.15) is 0 Å². The van der Waals surface area contributed by atoms with Crippen LogP contribution in [-0.4, -0.2) is 36.7 Å². The Hall–Kier alpha value is -1.06. The minimum absolute atomic E-state index is 0.291. The highest BCUT2D eigenvalue weighted by atomic mass is 15.5. The minimum atomic E-state index is 0.291. The van der Waals surface area contributed by atoms with Gasteiger partial charge in [0, 0.05) is 37.4 Å². The van der Waals surface area contributed by atoms with Crippen molar-refractivity contribution in [1.82, 2.24) is 10.4 Å². The minimum Gasteiger partial charge on any atom is -0.369 e. The summed E-state index contributed by atoms with van der Waals surface area (Å²) >= 11 is 0. The van der Waals surface area contributed by atoms with Crippen molar-refractivity contribution in [2.75, 3.05) is 31.1 Å². The summed E-state index contributed by atoms with van der Waals surface area (Å²) in [7, 11) is 0. The molecule has 140 valence electrons. The first-order valence-electron chi connectivity index (χ1n) is 10.6. The summed E-state index contributed by atoms with van der Waals surface area (Å²) in [6.45, 7) is 6.93. The zero-order chi connectivity index (χ0) is 17.4. The number of benzene rings is 1. The second kappa shape index (κ2) is 9.59. The van der Waals surface area contributed by atoms with Crippen molar-refractivity contribution in [2.45, 2.75) is 76.7 Å². The van der Waals surface area contributed by atoms with Crippen LogP contribution in [0, 0.1) is 0 Å². The lowest BCUT2D eigenvalue weighted by atomic mass is 9.89. The second-order valence-corrected chi connectivity index (χ2v) is 8.31. The van der Waals surface area contributed by atoms with E-state index in [0.29, 0.717) is 5.54 Å². The molecule has 2 fully saturated rings. The molecule has 0 radical (unpaired) electrons. The van der Waals surface area contributed by atoms with Crippen LogP contribution in [-0.2, 0) is 0 Å². The Labute approximate surface area is 154 Å². The average Bonchev–Trinajstić information content (AvgIpc) is 2.69. The molecule has 1 heterocycles. The lowest BCUT2D eigenvalue weighted by Gasteiger charge is -2.42. The van der Waals surface area contributed by atoms with Gasteiger partial charge in [0.1, 0.15) is 0 Å². The number of nitrogens with zero attached hydrogens (tertiary/aromatic N) is 2. The number of piperazine rings is 1. The third kappa shape index (κ3) is 6.00. The van der Waals surface area contributed by atoms with Gasteiger partial charge in [-0.05, 0) is 31.9 Å². The Balaban J connectivity index is 1.50. The van der Waals surface area contributed by atoms with E-state index in [-0.39, 0.29) is 0 Å². The van der Waals surface area contributed by atoms with Gasteiger partial charge in [-0.15, -0.1) is 0 Å². The summed E-state index contributed by atoms with van der Waals surface area (Å²) in [6, 6.07) is 10.8. The number of rotatable bonds is 3. The quantitative estimate of drug-likeness (QED) is 0.834. The molecule has 0 atom stereocenters. The van der Waals surface area contributed by atoms with Crippen LogP contribution >= 0.6 is 0 Å². The summed E-state index contributed by atoms with van der Waals surface area (Å²) in [5.74, 6) is 0. The molecule has 0 amide bonds. The Kier molecular flexibility index (Phi) is 7.18. The first kappa shape index (κ1) is 18.7. The molecule has 3 rings (SSSR count). The predicted molar refractivity (Wildman–Crippen MR) is 108 cm³/mol. The van der Waals surface area contributed by atoms with E-state index in [1.165, 1.54) is 69.9 Å². The Morgan fingerprint density at radius 3 is 1.80 bits per heavy atom. The topological polar surface area (TPSA) is 18.5 Å². The van der Waals surface area contributed by atoms with Gasteiger partial charge in [-0.25, -0.2) is 10.4 Å². The number of hydrogen-bond acceptors (Lipinski definition) is 3. The molecule has 1 saturated heterocycles. The molecule has 25 heavy (non-hydrogen) atoms. The number of para-hydroxylation sites is 1. The fraction of sp³-hybridized carbons (Fsp3) is 0.727. The summed E-state index contributed by atoms with van der Waals surface area (Å²) < 4.78 is 0. The largest absolute Gasteiger partial charge is 0.369 e. The van der Waals surface area contributed by atoms with Crippen molar-refractivity contribution in [2.24, 2.45) is 0 Å². The van der Waals surface area contributed by atoms with Gasteiger partial charge in [0.05, 0.1) is 0 Å². The highest BCUT2D eigenvalue weighted by Crippen LogP contribution is 2.25. The Morgan fingerprint density at radius 2 is 1.24 bits per heavy atom. The van der Waals surface area contributed by atoms with Gasteiger partial charge in [-0.1, -0.05) is 69.6 Å². The van der Waals surface area contributed by atoms with Crippen LogP contribution in [0.5, 0.6) is 0 Å². The first-order chi connectivity index (χ1) is 12.3. The normalized spacial score (nSPS) is 23.8. The van der Waals surface area contributed by atoms with Crippen LogP contribution < -0.4 is 10.3 Å². The molecule has 1 saturated carbocycles. The van der Waals surface area contributed by atoms with Crippen molar-refractivity contribution in [3.05, 3.63) is 30.3 Å². The molecule has 2 aliphatic rings. The van der Waals surface area contributed by atoms with E-state index >= 15 is 0 Å². The second-order valence-electron chi connectivity index (χ2n) is 8.31. The number of hydrazine groups is 1. The molecular formula is C22H37N3. The lowest BCUT2D eigenvalue weighted by molar-refractivity contribution is 0.0882. The molecule has 1 aromatic rings. The highest BCUT2D eigenvalue weighted by Gasteiger charge is 2.27. The maximum atomic E-state index is 3.95. The van der Waals surface area contributed by atoms with Gasteiger partial charge in [-0.3, -0.25) is 0 Å². The van der Waals surface area contributed by atoms with Crippen LogP contribution in [0.25, 0.3) is 0 Å². The summed E-state index contributed by atoms with van der Waals surface area (Å²) in [4.78, 5) is 2.51. The average molecular weight is 344 g/mol. The predicted octanol–water partition coefficient (Wildman–Crippen LogP) is 4.99. The Bertz CT molecular complexity index is 467. The molecule has 1 aromatic carbocycles. The maximum Gasteiger partial charge on any atom is 0.0367 e. The molecular weight excluding hydrogens is 306 g/mol. The molecule has 3 nitrogen and oxygen atoms in total. The molecule has 0 spiro atoms. The van der Waals surface area contributed by atoms with Crippen LogP contribution in [0.4, 0.5) is 5.69 Å². The number of nitrogens with one attached hydrogen (secondary N) is 1. The van der Waals surface area contributed by atoms with Crippen molar-refractivity contribution in [3.63, 3.8) is 0 Å². The third-order valence-corrected chi connectivity index (χ3v) is 6.04. The van der Waals surface area contributed by atoms with Crippen molar-refractivity contribution < 1.29 is 0 Å². The summed E-state index contributed by atoms with van der Waals surface area (Å²) in [6.07, 6.45) is 14.0. The SMILES string of the molecule is CC1(NN2CCN(c3ccccc3)CC2)CCCCCCCCCC1. The van der Waals surface area contributed by atoms with Crippen LogP contribution in [0.3, 0.4) is 0 Å². The lowest BCUT2D eigenvalue weighted by Crippen LogP contribution is -2.59. The summed E-state index contributed by atoms with van der Waals surface area (Å²) in [5, 5.41) is 2.50. The zero-order valence-corrected chi connectivity index (χ0v) is 16.2. The maximum absolute atomic E-state index is 3.95. The van der Waals surface area contributed by atoms with Gasteiger partial charge < -0.3 is 4.90 Å². The fourth-order valence-electron chi connectivity index (χ4n) is 4.42. The molecule has 0 unspecified atom stereocenters. The van der Waals surface area contributed by atoms with Crippen LogP contribution in [0.15, 0.2) is 30.3 Å². The highest BCUT2D eigenvalue weighted by molar-refractivity contribution is 5.46. The summed E-state index contributed by atoms with van der Waals surface area (Å²) in [5.41, 5.74) is 5.60. The van der Waals surface area contributed by atoms with Crippen LogP contribution in [0.2, 0.25) is 0 Å². The van der Waals surface area contributed by atoms with Gasteiger partial charge >= 0.3 is 0 Å². The fourth-order valence-corrected chi connectivity index (χ4v) is 4.42. The number of anilines is 1. The Morgan fingerprint density at radius 1 is 0.720 bits per heavy atom. The van der Waals surface area contributed by atoms with Gasteiger partial charge in [0.15, 0.2) is 0 Å². The third-order valence-electron chi connectivity index (χ3n) is 6.04. The van der Waals surface area contributed by atoms with E-state index in [2.05, 4.69) is 52.6 Å². The molecule has 0 aromatic heterocycles. The van der Waals surface area contributed by atoms with Crippen molar-refractivity contribution in [3.8, 4) is 0 Å². The monoisotopic (exact) mass is 343 g/mol. The zero-order valence-electron chi connectivity index (χ0n) is 16.2. The van der Waals surface area contributed by atoms with Crippen molar-refractivity contribution in [1.29, 1.82) is 0 Å². The molecule has 0 bridgehead atoms. The molecule has 3 heteroatoms. The smallest absolute Gasteiger partial charge is 0.0367 e. The van der Waals surface area contributed by atoms with Crippen LogP contribution in [0.1, 0.15) is 71.1 Å². The van der Waals surface area contributed by atoms with E-state index < -0.39 is 0 Å². The van der Waals surface area contributed by atoms with Crippen molar-refractivity contribution >= 4 is 5.69 Å².